The number of aryl methyl sites for hydroxylation is 3. The fraction of sp³-hybridized carbons (Fsp3) is 0.318. The number of amides is 1. The molecule has 0 saturated carbocycles. The highest BCUT2D eigenvalue weighted by Gasteiger charge is 2.16. The highest BCUT2D eigenvalue weighted by atomic mass is 32.2. The highest BCUT2D eigenvalue weighted by Crippen LogP contribution is 2.23. The molecule has 1 amide bonds. The first-order chi connectivity index (χ1) is 13.5. The maximum atomic E-state index is 12.5. The molecule has 0 aliphatic heterocycles. The second-order valence-electron chi connectivity index (χ2n) is 6.93. The van der Waals surface area contributed by atoms with Crippen molar-refractivity contribution < 1.29 is 4.79 Å². The molecule has 0 unspecified atom stereocenters. The third-order valence-electron chi connectivity index (χ3n) is 4.64. The Hall–Kier alpha value is -2.60. The molecular weight excluding hydrogens is 368 g/mol. The molecule has 0 fully saturated rings. The van der Waals surface area contributed by atoms with Gasteiger partial charge in [-0.1, -0.05) is 66.2 Å². The molecule has 0 spiro atoms. The van der Waals surface area contributed by atoms with Crippen LogP contribution < -0.4 is 5.32 Å². The van der Waals surface area contributed by atoms with Crippen molar-refractivity contribution in [2.75, 3.05) is 5.75 Å². The predicted octanol–water partition coefficient (Wildman–Crippen LogP) is 4.55. The third-order valence-corrected chi connectivity index (χ3v) is 5.57. The van der Waals surface area contributed by atoms with Gasteiger partial charge < -0.3 is 5.32 Å². The number of carbonyl (C=O) groups excluding carboxylic acids is 1. The summed E-state index contributed by atoms with van der Waals surface area (Å²) in [5, 5.41) is 12.3. The Balaban J connectivity index is 1.66. The molecule has 0 aliphatic carbocycles. The normalized spacial score (nSPS) is 12.0. The average molecular weight is 395 g/mol. The second-order valence-corrected chi connectivity index (χ2v) is 7.87. The summed E-state index contributed by atoms with van der Waals surface area (Å²) in [6.45, 7) is 8.12. The Kier molecular flexibility index (Phi) is 6.52. The molecule has 1 N–H and O–H groups in total. The molecule has 1 aromatic heterocycles. The summed E-state index contributed by atoms with van der Waals surface area (Å²) in [5.74, 6) is 1.10. The van der Waals surface area contributed by atoms with Crippen LogP contribution in [0.2, 0.25) is 0 Å². The minimum absolute atomic E-state index is 0.00599. The van der Waals surface area contributed by atoms with E-state index in [1.165, 1.54) is 22.9 Å². The molecule has 5 nitrogen and oxygen atoms in total. The number of nitrogens with zero attached hydrogens (tertiary/aromatic N) is 3. The van der Waals surface area contributed by atoms with Crippen LogP contribution in [-0.4, -0.2) is 26.4 Å². The van der Waals surface area contributed by atoms with Gasteiger partial charge in [-0.05, 0) is 44.9 Å². The van der Waals surface area contributed by atoms with Gasteiger partial charge in [0.05, 0.1) is 11.8 Å². The van der Waals surface area contributed by atoms with Crippen LogP contribution in [0, 0.1) is 20.8 Å². The Morgan fingerprint density at radius 1 is 1.00 bits per heavy atom. The maximum Gasteiger partial charge on any atom is 0.230 e. The van der Waals surface area contributed by atoms with Crippen molar-refractivity contribution >= 4 is 17.7 Å². The Morgan fingerprint density at radius 2 is 1.61 bits per heavy atom. The van der Waals surface area contributed by atoms with Gasteiger partial charge in [0.25, 0.3) is 0 Å². The van der Waals surface area contributed by atoms with Gasteiger partial charge in [-0.25, -0.2) is 0 Å². The fourth-order valence-corrected chi connectivity index (χ4v) is 3.82. The molecular formula is C22H26N4OS. The Labute approximate surface area is 170 Å². The lowest BCUT2D eigenvalue weighted by molar-refractivity contribution is -0.119. The second kappa shape index (κ2) is 9.06. The van der Waals surface area contributed by atoms with Crippen molar-refractivity contribution in [3.8, 4) is 5.69 Å². The fourth-order valence-electron chi connectivity index (χ4n) is 3.01. The topological polar surface area (TPSA) is 59.8 Å². The number of thioether (sulfide) groups is 1. The molecule has 0 radical (unpaired) electrons. The van der Waals surface area contributed by atoms with Crippen molar-refractivity contribution in [2.45, 2.75) is 45.3 Å². The van der Waals surface area contributed by atoms with E-state index in [1.54, 1.807) is 0 Å². The standard InChI is InChI=1S/C22H26N4OS/c1-5-20(18-10-6-15(2)7-11-18)23-21(27)14-28-22-25-24-17(4)26(22)19-12-8-16(3)9-13-19/h6-13,20H,5,14H2,1-4H3,(H,23,27)/t20-/m1/s1. The molecule has 146 valence electrons. The minimum Gasteiger partial charge on any atom is -0.349 e. The number of benzene rings is 2. The average Bonchev–Trinajstić information content (AvgIpc) is 3.06. The molecule has 28 heavy (non-hydrogen) atoms. The third kappa shape index (κ3) is 4.81. The monoisotopic (exact) mass is 394 g/mol. The van der Waals surface area contributed by atoms with E-state index in [1.807, 2.05) is 23.6 Å². The van der Waals surface area contributed by atoms with Crippen LogP contribution in [0.4, 0.5) is 0 Å². The van der Waals surface area contributed by atoms with Gasteiger partial charge in [-0.3, -0.25) is 9.36 Å². The van der Waals surface area contributed by atoms with Crippen molar-refractivity contribution in [1.29, 1.82) is 0 Å². The van der Waals surface area contributed by atoms with Crippen LogP contribution in [0.15, 0.2) is 53.7 Å². The van der Waals surface area contributed by atoms with Crippen molar-refractivity contribution in [2.24, 2.45) is 0 Å². The van der Waals surface area contributed by atoms with Crippen molar-refractivity contribution in [3.63, 3.8) is 0 Å². The summed E-state index contributed by atoms with van der Waals surface area (Å²) < 4.78 is 1.98. The van der Waals surface area contributed by atoms with Gasteiger partial charge in [0.1, 0.15) is 5.82 Å². The first kappa shape index (κ1) is 20.1. The van der Waals surface area contributed by atoms with Crippen LogP contribution >= 0.6 is 11.8 Å². The zero-order chi connectivity index (χ0) is 20.1. The Bertz CT molecular complexity index is 932. The highest BCUT2D eigenvalue weighted by molar-refractivity contribution is 7.99. The predicted molar refractivity (Wildman–Crippen MR) is 114 cm³/mol. The molecule has 1 atom stereocenters. The smallest absolute Gasteiger partial charge is 0.230 e. The summed E-state index contributed by atoms with van der Waals surface area (Å²) in [6.07, 6.45) is 0.845. The lowest BCUT2D eigenvalue weighted by atomic mass is 10.0. The first-order valence-electron chi connectivity index (χ1n) is 9.45. The van der Waals surface area contributed by atoms with Crippen molar-refractivity contribution in [1.82, 2.24) is 20.1 Å². The maximum absolute atomic E-state index is 12.5. The van der Waals surface area contributed by atoms with E-state index in [0.29, 0.717) is 5.75 Å². The van der Waals surface area contributed by atoms with Crippen LogP contribution in [0.5, 0.6) is 0 Å². The molecule has 2 aromatic carbocycles. The lowest BCUT2D eigenvalue weighted by Gasteiger charge is -2.17. The first-order valence-corrected chi connectivity index (χ1v) is 10.4. The van der Waals surface area contributed by atoms with Crippen LogP contribution in [0.3, 0.4) is 0 Å². The van der Waals surface area contributed by atoms with E-state index in [4.69, 9.17) is 0 Å². The summed E-state index contributed by atoms with van der Waals surface area (Å²) in [4.78, 5) is 12.5. The zero-order valence-corrected chi connectivity index (χ0v) is 17.6. The largest absolute Gasteiger partial charge is 0.349 e. The summed E-state index contributed by atoms with van der Waals surface area (Å²) in [6, 6.07) is 16.5. The van der Waals surface area contributed by atoms with Crippen molar-refractivity contribution in [3.05, 3.63) is 71.0 Å². The molecule has 0 saturated heterocycles. The van der Waals surface area contributed by atoms with E-state index in [-0.39, 0.29) is 11.9 Å². The molecule has 3 aromatic rings. The van der Waals surface area contributed by atoms with E-state index in [9.17, 15) is 4.79 Å². The summed E-state index contributed by atoms with van der Waals surface area (Å²) >= 11 is 1.40. The summed E-state index contributed by atoms with van der Waals surface area (Å²) in [7, 11) is 0. The van der Waals surface area contributed by atoms with E-state index in [2.05, 4.69) is 72.7 Å². The molecule has 1 heterocycles. The minimum atomic E-state index is -0.00599. The molecule has 0 bridgehead atoms. The quantitative estimate of drug-likeness (QED) is 0.597. The van der Waals surface area contributed by atoms with E-state index >= 15 is 0 Å². The van der Waals surface area contributed by atoms with Gasteiger partial charge in [0.2, 0.25) is 5.91 Å². The van der Waals surface area contributed by atoms with Crippen LogP contribution in [-0.2, 0) is 4.79 Å². The SMILES string of the molecule is CC[C@@H](NC(=O)CSc1nnc(C)n1-c1ccc(C)cc1)c1ccc(C)cc1. The Morgan fingerprint density at radius 3 is 2.21 bits per heavy atom. The number of nitrogens with one attached hydrogen (secondary N) is 1. The van der Waals surface area contributed by atoms with Gasteiger partial charge in [0, 0.05) is 5.69 Å². The van der Waals surface area contributed by atoms with Gasteiger partial charge in [-0.15, -0.1) is 10.2 Å². The zero-order valence-electron chi connectivity index (χ0n) is 16.8. The molecule has 3 rings (SSSR count). The van der Waals surface area contributed by atoms with E-state index < -0.39 is 0 Å². The van der Waals surface area contributed by atoms with Crippen LogP contribution in [0.1, 0.15) is 41.9 Å². The lowest BCUT2D eigenvalue weighted by Crippen LogP contribution is -2.29. The van der Waals surface area contributed by atoms with Gasteiger partial charge in [-0.2, -0.15) is 0 Å². The summed E-state index contributed by atoms with van der Waals surface area (Å²) in [5.41, 5.74) is 4.54. The van der Waals surface area contributed by atoms with Crippen LogP contribution in [0.25, 0.3) is 5.69 Å². The molecule has 6 heteroatoms. The number of hydrogen-bond acceptors (Lipinski definition) is 4. The number of rotatable bonds is 7. The van der Waals surface area contributed by atoms with E-state index in [0.717, 1.165) is 28.7 Å². The molecule has 0 aliphatic rings. The number of aromatic nitrogens is 3. The van der Waals surface area contributed by atoms with Gasteiger partial charge >= 0.3 is 0 Å². The number of carbonyl (C=O) groups is 1. The van der Waals surface area contributed by atoms with Gasteiger partial charge in [0.15, 0.2) is 5.16 Å². The number of hydrogen-bond donors (Lipinski definition) is 1.